The smallest absolute Gasteiger partial charge is 0.243 e. The van der Waals surface area contributed by atoms with E-state index in [2.05, 4.69) is 35.3 Å². The molecule has 2 saturated heterocycles. The number of carbonyl (C=O) groups excluding carboxylic acids is 1. The van der Waals surface area contributed by atoms with Crippen molar-refractivity contribution in [1.82, 2.24) is 14.5 Å². The lowest BCUT2D eigenvalue weighted by Gasteiger charge is -2.32. The van der Waals surface area contributed by atoms with E-state index in [4.69, 9.17) is 0 Å². The molecule has 4 rings (SSSR count). The molecule has 2 atom stereocenters. The Labute approximate surface area is 198 Å². The predicted octanol–water partition coefficient (Wildman–Crippen LogP) is 3.64. The molecule has 0 aliphatic carbocycles. The molecule has 2 aromatic rings. The van der Waals surface area contributed by atoms with E-state index in [9.17, 15) is 13.2 Å². The molecule has 178 valence electrons. The standard InChI is InChI=1S/C26H35N3O3S/c1-21-9-7-15-28(18-21)19-23-11-6-5-10-22(23)17-27-26(30)24-12-8-16-29(20-24)33(31,32)25-13-3-2-4-14-25/h2-6,10-11,13-14,21,24H,7-9,12,15-20H2,1H3,(H,27,30). The van der Waals surface area contributed by atoms with Gasteiger partial charge < -0.3 is 5.32 Å². The molecule has 7 heteroatoms. The number of hydrogen-bond acceptors (Lipinski definition) is 4. The van der Waals surface area contributed by atoms with Crippen molar-refractivity contribution in [2.75, 3.05) is 26.2 Å². The van der Waals surface area contributed by atoms with Crippen LogP contribution in [0.2, 0.25) is 0 Å². The molecule has 0 saturated carbocycles. The summed E-state index contributed by atoms with van der Waals surface area (Å²) < 4.78 is 27.4. The van der Waals surface area contributed by atoms with Crippen molar-refractivity contribution < 1.29 is 13.2 Å². The van der Waals surface area contributed by atoms with E-state index in [-0.39, 0.29) is 23.3 Å². The normalized spacial score (nSPS) is 22.7. The van der Waals surface area contributed by atoms with E-state index in [0.717, 1.165) is 31.1 Å². The minimum absolute atomic E-state index is 0.0654. The first-order valence-electron chi connectivity index (χ1n) is 12.1. The van der Waals surface area contributed by atoms with Crippen LogP contribution in [-0.2, 0) is 27.9 Å². The maximum Gasteiger partial charge on any atom is 0.243 e. The zero-order chi connectivity index (χ0) is 23.3. The fourth-order valence-corrected chi connectivity index (χ4v) is 6.54. The molecular formula is C26H35N3O3S. The van der Waals surface area contributed by atoms with Crippen molar-refractivity contribution in [3.8, 4) is 0 Å². The molecular weight excluding hydrogens is 434 g/mol. The number of hydrogen-bond donors (Lipinski definition) is 1. The van der Waals surface area contributed by atoms with Crippen LogP contribution in [0.15, 0.2) is 59.5 Å². The maximum atomic E-state index is 13.0. The van der Waals surface area contributed by atoms with Crippen LogP contribution in [0.4, 0.5) is 0 Å². The van der Waals surface area contributed by atoms with Crippen molar-refractivity contribution in [3.05, 3.63) is 65.7 Å². The Hall–Kier alpha value is -2.22. The quantitative estimate of drug-likeness (QED) is 0.672. The third-order valence-corrected chi connectivity index (χ3v) is 8.72. The second-order valence-corrected chi connectivity index (χ2v) is 11.4. The van der Waals surface area contributed by atoms with E-state index in [1.54, 1.807) is 30.3 Å². The van der Waals surface area contributed by atoms with E-state index in [1.165, 1.54) is 22.7 Å². The molecule has 2 heterocycles. The number of piperidine rings is 2. The lowest BCUT2D eigenvalue weighted by molar-refractivity contribution is -0.126. The van der Waals surface area contributed by atoms with Gasteiger partial charge in [-0.1, -0.05) is 49.4 Å². The summed E-state index contributed by atoms with van der Waals surface area (Å²) in [6.45, 7) is 6.62. The van der Waals surface area contributed by atoms with Crippen LogP contribution in [0.1, 0.15) is 43.7 Å². The average molecular weight is 470 g/mol. The van der Waals surface area contributed by atoms with Crippen LogP contribution >= 0.6 is 0 Å². The minimum Gasteiger partial charge on any atom is -0.352 e. The number of benzene rings is 2. The third-order valence-electron chi connectivity index (χ3n) is 6.84. The predicted molar refractivity (Wildman–Crippen MR) is 130 cm³/mol. The number of rotatable bonds is 7. The molecule has 0 bridgehead atoms. The molecule has 2 aliphatic rings. The first kappa shape index (κ1) is 23.9. The van der Waals surface area contributed by atoms with Gasteiger partial charge >= 0.3 is 0 Å². The minimum atomic E-state index is -3.58. The van der Waals surface area contributed by atoms with Crippen LogP contribution in [0.5, 0.6) is 0 Å². The van der Waals surface area contributed by atoms with Gasteiger partial charge in [-0.05, 0) is 61.4 Å². The highest BCUT2D eigenvalue weighted by Crippen LogP contribution is 2.24. The van der Waals surface area contributed by atoms with Gasteiger partial charge in [-0.15, -0.1) is 0 Å². The van der Waals surface area contributed by atoms with Gasteiger partial charge in [0.15, 0.2) is 0 Å². The summed E-state index contributed by atoms with van der Waals surface area (Å²) in [5.41, 5.74) is 2.39. The number of sulfonamides is 1. The summed E-state index contributed by atoms with van der Waals surface area (Å²) in [5, 5.41) is 3.09. The monoisotopic (exact) mass is 469 g/mol. The Morgan fingerprint density at radius 1 is 0.939 bits per heavy atom. The van der Waals surface area contributed by atoms with Crippen molar-refractivity contribution in [2.24, 2.45) is 11.8 Å². The highest BCUT2D eigenvalue weighted by Gasteiger charge is 2.33. The molecule has 2 aliphatic heterocycles. The second-order valence-electron chi connectivity index (χ2n) is 9.48. The van der Waals surface area contributed by atoms with Crippen molar-refractivity contribution in [1.29, 1.82) is 0 Å². The number of nitrogens with zero attached hydrogens (tertiary/aromatic N) is 2. The first-order valence-corrected chi connectivity index (χ1v) is 13.5. The zero-order valence-corrected chi connectivity index (χ0v) is 20.3. The van der Waals surface area contributed by atoms with Crippen LogP contribution in [0.25, 0.3) is 0 Å². The lowest BCUT2D eigenvalue weighted by atomic mass is 9.98. The summed E-state index contributed by atoms with van der Waals surface area (Å²) in [5.74, 6) is 0.337. The lowest BCUT2D eigenvalue weighted by Crippen LogP contribution is -2.45. The van der Waals surface area contributed by atoms with Crippen LogP contribution < -0.4 is 5.32 Å². The van der Waals surface area contributed by atoms with Gasteiger partial charge in [0, 0.05) is 32.7 Å². The SMILES string of the molecule is CC1CCCN(Cc2ccccc2CNC(=O)C2CCCN(S(=O)(=O)c3ccccc3)C2)C1. The fourth-order valence-electron chi connectivity index (χ4n) is 5.00. The van der Waals surface area contributed by atoms with Crippen LogP contribution in [-0.4, -0.2) is 49.7 Å². The van der Waals surface area contributed by atoms with Gasteiger partial charge in [0.05, 0.1) is 10.8 Å². The highest BCUT2D eigenvalue weighted by molar-refractivity contribution is 7.89. The van der Waals surface area contributed by atoms with Crippen molar-refractivity contribution >= 4 is 15.9 Å². The Morgan fingerprint density at radius 2 is 1.64 bits per heavy atom. The number of nitrogens with one attached hydrogen (secondary N) is 1. The van der Waals surface area contributed by atoms with Gasteiger partial charge in [0.25, 0.3) is 0 Å². The summed E-state index contributed by atoms with van der Waals surface area (Å²) in [6, 6.07) is 16.8. The Kier molecular flexibility index (Phi) is 7.83. The van der Waals surface area contributed by atoms with Gasteiger partial charge in [-0.3, -0.25) is 9.69 Å². The Morgan fingerprint density at radius 3 is 2.39 bits per heavy atom. The second kappa shape index (κ2) is 10.8. The zero-order valence-electron chi connectivity index (χ0n) is 19.4. The third kappa shape index (κ3) is 6.02. The number of likely N-dealkylation sites (tertiary alicyclic amines) is 1. The van der Waals surface area contributed by atoms with Crippen LogP contribution in [0, 0.1) is 11.8 Å². The van der Waals surface area contributed by atoms with Gasteiger partial charge in [0.2, 0.25) is 15.9 Å². The maximum absolute atomic E-state index is 13.0. The van der Waals surface area contributed by atoms with E-state index < -0.39 is 10.0 Å². The fraction of sp³-hybridized carbons (Fsp3) is 0.500. The molecule has 33 heavy (non-hydrogen) atoms. The molecule has 0 radical (unpaired) electrons. The summed E-state index contributed by atoms with van der Waals surface area (Å²) in [7, 11) is -3.58. The molecule has 1 N–H and O–H groups in total. The molecule has 2 aromatic carbocycles. The van der Waals surface area contributed by atoms with Gasteiger partial charge in [-0.25, -0.2) is 8.42 Å². The number of carbonyl (C=O) groups is 1. The summed E-state index contributed by atoms with van der Waals surface area (Å²) >= 11 is 0. The molecule has 0 aromatic heterocycles. The van der Waals surface area contributed by atoms with Gasteiger partial charge in [-0.2, -0.15) is 4.31 Å². The van der Waals surface area contributed by atoms with Crippen LogP contribution in [0.3, 0.4) is 0 Å². The molecule has 1 amide bonds. The molecule has 0 spiro atoms. The summed E-state index contributed by atoms with van der Waals surface area (Å²) in [4.78, 5) is 15.8. The van der Waals surface area contributed by atoms with Gasteiger partial charge in [0.1, 0.15) is 0 Å². The largest absolute Gasteiger partial charge is 0.352 e. The highest BCUT2D eigenvalue weighted by atomic mass is 32.2. The van der Waals surface area contributed by atoms with E-state index in [1.807, 2.05) is 6.07 Å². The Balaban J connectivity index is 1.36. The summed E-state index contributed by atoms with van der Waals surface area (Å²) in [6.07, 6.45) is 3.94. The van der Waals surface area contributed by atoms with E-state index >= 15 is 0 Å². The average Bonchev–Trinajstić information content (AvgIpc) is 2.84. The topological polar surface area (TPSA) is 69.7 Å². The van der Waals surface area contributed by atoms with E-state index in [0.29, 0.717) is 25.9 Å². The van der Waals surface area contributed by atoms with Crippen molar-refractivity contribution in [3.63, 3.8) is 0 Å². The Bertz CT molecular complexity index is 1040. The first-order chi connectivity index (χ1) is 15.9. The molecule has 2 unspecified atom stereocenters. The van der Waals surface area contributed by atoms with Crippen molar-refractivity contribution in [2.45, 2.75) is 50.6 Å². The number of amides is 1. The molecule has 6 nitrogen and oxygen atoms in total. The molecule has 2 fully saturated rings.